The van der Waals surface area contributed by atoms with Crippen LogP contribution in [0.3, 0.4) is 0 Å². The van der Waals surface area contributed by atoms with Gasteiger partial charge in [-0.25, -0.2) is 9.97 Å². The van der Waals surface area contributed by atoms with E-state index >= 15 is 0 Å². The lowest BCUT2D eigenvalue weighted by Crippen LogP contribution is -2.31. The molecule has 2 aromatic rings. The molecule has 94 valence electrons. The molecule has 4 heteroatoms. The molecule has 1 aromatic carbocycles. The lowest BCUT2D eigenvalue weighted by molar-refractivity contribution is 0.672. The molecule has 2 N–H and O–H groups in total. The van der Waals surface area contributed by atoms with Gasteiger partial charge < -0.3 is 10.6 Å². The minimum Gasteiger partial charge on any atom is -0.381 e. The summed E-state index contributed by atoms with van der Waals surface area (Å²) >= 11 is 0. The lowest BCUT2D eigenvalue weighted by atomic mass is 10.2. The average molecular weight is 242 g/mol. The fourth-order valence-electron chi connectivity index (χ4n) is 1.84. The van der Waals surface area contributed by atoms with Crippen LogP contribution >= 0.6 is 0 Å². The summed E-state index contributed by atoms with van der Waals surface area (Å²) in [5, 5.41) is 0. The second kappa shape index (κ2) is 5.49. The molecule has 0 amide bonds. The molecule has 0 saturated carbocycles. The Labute approximate surface area is 107 Å². The predicted molar refractivity (Wildman–Crippen MR) is 74.2 cm³/mol. The maximum Gasteiger partial charge on any atom is 0.172 e. The third-order valence-electron chi connectivity index (χ3n) is 2.80. The van der Waals surface area contributed by atoms with Crippen molar-refractivity contribution in [1.29, 1.82) is 0 Å². The zero-order valence-electron chi connectivity index (χ0n) is 10.7. The van der Waals surface area contributed by atoms with Crippen molar-refractivity contribution in [2.45, 2.75) is 26.4 Å². The summed E-state index contributed by atoms with van der Waals surface area (Å²) in [4.78, 5) is 10.6. The molecule has 1 heterocycles. The third-order valence-corrected chi connectivity index (χ3v) is 2.80. The summed E-state index contributed by atoms with van der Waals surface area (Å²) in [6.07, 6.45) is 3.28. The van der Waals surface area contributed by atoms with Crippen molar-refractivity contribution in [3.05, 3.63) is 48.3 Å². The van der Waals surface area contributed by atoms with Crippen molar-refractivity contribution in [3.8, 4) is 0 Å². The third kappa shape index (κ3) is 2.77. The fourth-order valence-corrected chi connectivity index (χ4v) is 1.84. The molecular formula is C14H18N4. The van der Waals surface area contributed by atoms with E-state index in [1.165, 1.54) is 5.56 Å². The highest BCUT2D eigenvalue weighted by Gasteiger charge is 2.15. The fraction of sp³-hybridized carbons (Fsp3) is 0.286. The van der Waals surface area contributed by atoms with Crippen LogP contribution < -0.4 is 10.6 Å². The molecule has 0 bridgehead atoms. The van der Waals surface area contributed by atoms with Gasteiger partial charge in [0.05, 0.1) is 0 Å². The molecule has 1 aromatic heterocycles. The maximum atomic E-state index is 5.90. The van der Waals surface area contributed by atoms with Crippen LogP contribution in [-0.2, 0) is 6.54 Å². The molecule has 0 aliphatic heterocycles. The second-order valence-electron chi connectivity index (χ2n) is 4.47. The minimum absolute atomic E-state index is 0.309. The molecule has 0 fully saturated rings. The Morgan fingerprint density at radius 3 is 2.39 bits per heavy atom. The van der Waals surface area contributed by atoms with Crippen LogP contribution in [0.15, 0.2) is 42.7 Å². The summed E-state index contributed by atoms with van der Waals surface area (Å²) < 4.78 is 0. The maximum absolute atomic E-state index is 5.90. The zero-order valence-corrected chi connectivity index (χ0v) is 10.7. The Morgan fingerprint density at radius 1 is 1.11 bits per heavy atom. The quantitative estimate of drug-likeness (QED) is 0.894. The number of nitrogens with two attached hydrogens (primary N) is 1. The lowest BCUT2D eigenvalue weighted by Gasteiger charge is -2.28. The summed E-state index contributed by atoms with van der Waals surface area (Å²) in [5.41, 5.74) is 7.13. The van der Waals surface area contributed by atoms with Gasteiger partial charge in [-0.05, 0) is 19.4 Å². The smallest absolute Gasteiger partial charge is 0.172 e. The van der Waals surface area contributed by atoms with Gasteiger partial charge in [0, 0.05) is 25.0 Å². The first-order chi connectivity index (χ1) is 8.68. The Bertz CT molecular complexity index is 496. The van der Waals surface area contributed by atoms with Crippen LogP contribution in [0, 0.1) is 0 Å². The van der Waals surface area contributed by atoms with Crippen molar-refractivity contribution in [2.24, 2.45) is 0 Å². The first kappa shape index (κ1) is 12.4. The van der Waals surface area contributed by atoms with Crippen molar-refractivity contribution < 1.29 is 0 Å². The number of hydrogen-bond donors (Lipinski definition) is 1. The van der Waals surface area contributed by atoms with E-state index in [-0.39, 0.29) is 0 Å². The summed E-state index contributed by atoms with van der Waals surface area (Å²) in [6.45, 7) is 5.02. The first-order valence-corrected chi connectivity index (χ1v) is 6.05. The van der Waals surface area contributed by atoms with E-state index in [0.717, 1.165) is 12.4 Å². The van der Waals surface area contributed by atoms with Crippen LogP contribution in [0.1, 0.15) is 19.4 Å². The number of benzene rings is 1. The largest absolute Gasteiger partial charge is 0.381 e. The number of anilines is 2. The molecule has 2 rings (SSSR count). The van der Waals surface area contributed by atoms with E-state index in [2.05, 4.69) is 40.8 Å². The Morgan fingerprint density at radius 2 is 1.78 bits per heavy atom. The molecule has 0 spiro atoms. The van der Waals surface area contributed by atoms with Crippen molar-refractivity contribution >= 4 is 11.6 Å². The van der Waals surface area contributed by atoms with Gasteiger partial charge in [0.1, 0.15) is 0 Å². The van der Waals surface area contributed by atoms with E-state index in [0.29, 0.717) is 11.9 Å². The molecule has 4 nitrogen and oxygen atoms in total. The van der Waals surface area contributed by atoms with E-state index in [9.17, 15) is 0 Å². The molecule has 0 aliphatic carbocycles. The van der Waals surface area contributed by atoms with Crippen LogP contribution in [0.2, 0.25) is 0 Å². The Hall–Kier alpha value is -2.10. The topological polar surface area (TPSA) is 55.0 Å². The monoisotopic (exact) mass is 242 g/mol. The standard InChI is InChI=1S/C14H18N4/c1-11(2)18(10-12-6-4-3-5-7-12)14-13(15)16-8-9-17-14/h3-9,11H,10H2,1-2H3,(H2,15,16). The highest BCUT2D eigenvalue weighted by Crippen LogP contribution is 2.21. The molecule has 0 saturated heterocycles. The first-order valence-electron chi connectivity index (χ1n) is 6.05. The van der Waals surface area contributed by atoms with Crippen LogP contribution in [0.5, 0.6) is 0 Å². The Kier molecular flexibility index (Phi) is 3.77. The number of rotatable bonds is 4. The molecule has 0 radical (unpaired) electrons. The summed E-state index contributed by atoms with van der Waals surface area (Å²) in [6, 6.07) is 10.6. The summed E-state index contributed by atoms with van der Waals surface area (Å²) in [5.74, 6) is 1.22. The van der Waals surface area contributed by atoms with Gasteiger partial charge in [-0.3, -0.25) is 0 Å². The highest BCUT2D eigenvalue weighted by molar-refractivity contribution is 5.57. The number of hydrogen-bond acceptors (Lipinski definition) is 4. The van der Waals surface area contributed by atoms with E-state index in [1.807, 2.05) is 18.2 Å². The van der Waals surface area contributed by atoms with E-state index in [4.69, 9.17) is 5.73 Å². The number of nitrogen functional groups attached to an aromatic ring is 1. The highest BCUT2D eigenvalue weighted by atomic mass is 15.2. The van der Waals surface area contributed by atoms with Crippen LogP contribution in [0.4, 0.5) is 11.6 Å². The van der Waals surface area contributed by atoms with Gasteiger partial charge in [-0.1, -0.05) is 30.3 Å². The van der Waals surface area contributed by atoms with Gasteiger partial charge in [-0.2, -0.15) is 0 Å². The number of aromatic nitrogens is 2. The zero-order chi connectivity index (χ0) is 13.0. The summed E-state index contributed by atoms with van der Waals surface area (Å²) in [7, 11) is 0. The Balaban J connectivity index is 2.27. The van der Waals surface area contributed by atoms with Gasteiger partial charge in [-0.15, -0.1) is 0 Å². The molecule has 0 unspecified atom stereocenters. The van der Waals surface area contributed by atoms with Crippen LogP contribution in [0.25, 0.3) is 0 Å². The van der Waals surface area contributed by atoms with Gasteiger partial charge in [0.25, 0.3) is 0 Å². The molecule has 0 aliphatic rings. The van der Waals surface area contributed by atoms with E-state index < -0.39 is 0 Å². The van der Waals surface area contributed by atoms with Crippen molar-refractivity contribution in [3.63, 3.8) is 0 Å². The van der Waals surface area contributed by atoms with Crippen molar-refractivity contribution in [1.82, 2.24) is 9.97 Å². The normalized spacial score (nSPS) is 10.6. The second-order valence-corrected chi connectivity index (χ2v) is 4.47. The van der Waals surface area contributed by atoms with E-state index in [1.54, 1.807) is 12.4 Å². The van der Waals surface area contributed by atoms with Gasteiger partial charge in [0.2, 0.25) is 0 Å². The van der Waals surface area contributed by atoms with Crippen LogP contribution in [-0.4, -0.2) is 16.0 Å². The van der Waals surface area contributed by atoms with Gasteiger partial charge >= 0.3 is 0 Å². The molecule has 18 heavy (non-hydrogen) atoms. The minimum atomic E-state index is 0.309. The number of nitrogens with zero attached hydrogens (tertiary/aromatic N) is 3. The SMILES string of the molecule is CC(C)N(Cc1ccccc1)c1nccnc1N. The molecule has 0 atom stereocenters. The van der Waals surface area contributed by atoms with Crippen molar-refractivity contribution in [2.75, 3.05) is 10.6 Å². The van der Waals surface area contributed by atoms with Gasteiger partial charge in [0.15, 0.2) is 11.6 Å². The molecular weight excluding hydrogens is 224 g/mol. The average Bonchev–Trinajstić information content (AvgIpc) is 2.38. The predicted octanol–water partition coefficient (Wildman–Crippen LogP) is 2.47.